The minimum Gasteiger partial charge on any atom is -0.492 e. The van der Waals surface area contributed by atoms with Crippen LogP contribution in [0.2, 0.25) is 0 Å². The number of ether oxygens (including phenoxy) is 2. The molecule has 5 heteroatoms. The van der Waals surface area contributed by atoms with Crippen LogP contribution in [0.3, 0.4) is 0 Å². The van der Waals surface area contributed by atoms with Crippen molar-refractivity contribution in [3.05, 3.63) is 30.5 Å². The molecule has 25 heavy (non-hydrogen) atoms. The molecule has 1 N–H and O–H groups in total. The molecule has 2 aromatic rings. The van der Waals surface area contributed by atoms with E-state index in [1.807, 2.05) is 45.0 Å². The van der Waals surface area contributed by atoms with Gasteiger partial charge in [0.05, 0.1) is 12.3 Å². The van der Waals surface area contributed by atoms with Crippen LogP contribution < -0.4 is 10.1 Å². The fourth-order valence-corrected chi connectivity index (χ4v) is 2.84. The summed E-state index contributed by atoms with van der Waals surface area (Å²) in [6, 6.07) is 7.49. The molecule has 5 nitrogen and oxygen atoms in total. The second-order valence-electron chi connectivity index (χ2n) is 6.23. The third kappa shape index (κ3) is 4.48. The Labute approximate surface area is 149 Å². The summed E-state index contributed by atoms with van der Waals surface area (Å²) in [6.45, 7) is 9.02. The van der Waals surface area contributed by atoms with Gasteiger partial charge in [0.2, 0.25) is 0 Å². The zero-order valence-corrected chi connectivity index (χ0v) is 15.6. The van der Waals surface area contributed by atoms with Gasteiger partial charge in [-0.25, -0.2) is 0 Å². The molecule has 0 aliphatic heterocycles. The van der Waals surface area contributed by atoms with E-state index < -0.39 is 5.60 Å². The minimum atomic E-state index is -0.835. The summed E-state index contributed by atoms with van der Waals surface area (Å²) in [7, 11) is 0. The maximum absolute atomic E-state index is 12.9. The average Bonchev–Trinajstić information content (AvgIpc) is 2.62. The molecular formula is C20H28N2O3. The number of pyridine rings is 1. The number of benzene rings is 1. The van der Waals surface area contributed by atoms with Crippen LogP contribution in [0.25, 0.3) is 10.9 Å². The summed E-state index contributed by atoms with van der Waals surface area (Å²) in [4.78, 5) is 17.3. The second kappa shape index (κ2) is 8.81. The number of rotatable bonds is 9. The molecule has 0 fully saturated rings. The maximum Gasteiger partial charge on any atom is 0.256 e. The highest BCUT2D eigenvalue weighted by Gasteiger charge is 2.33. The molecule has 1 aromatic heterocycles. The number of nitrogens with one attached hydrogen (secondary N) is 1. The van der Waals surface area contributed by atoms with Crippen LogP contribution in [-0.2, 0) is 9.53 Å². The highest BCUT2D eigenvalue weighted by molar-refractivity contribution is 6.05. The van der Waals surface area contributed by atoms with Gasteiger partial charge in [-0.15, -0.1) is 0 Å². The van der Waals surface area contributed by atoms with Crippen molar-refractivity contribution in [1.82, 2.24) is 4.98 Å². The van der Waals surface area contributed by atoms with Crippen LogP contribution in [0.5, 0.6) is 5.75 Å². The first-order chi connectivity index (χ1) is 12.1. The highest BCUT2D eigenvalue weighted by Crippen LogP contribution is 2.31. The lowest BCUT2D eigenvalue weighted by molar-refractivity contribution is -0.140. The number of fused-ring (bicyclic) bond motifs is 1. The number of hydrogen-bond acceptors (Lipinski definition) is 4. The van der Waals surface area contributed by atoms with Crippen LogP contribution in [0.4, 0.5) is 5.69 Å². The molecule has 0 unspecified atom stereocenters. The van der Waals surface area contributed by atoms with Crippen molar-refractivity contribution in [3.8, 4) is 5.75 Å². The van der Waals surface area contributed by atoms with Gasteiger partial charge in [-0.3, -0.25) is 9.78 Å². The van der Waals surface area contributed by atoms with E-state index in [2.05, 4.69) is 17.2 Å². The molecule has 0 radical (unpaired) electrons. The average molecular weight is 344 g/mol. The summed E-state index contributed by atoms with van der Waals surface area (Å²) in [5, 5.41) is 3.89. The Morgan fingerprint density at radius 3 is 2.68 bits per heavy atom. The third-order valence-electron chi connectivity index (χ3n) is 4.11. The molecule has 1 heterocycles. The summed E-state index contributed by atoms with van der Waals surface area (Å²) >= 11 is 0. The van der Waals surface area contributed by atoms with Crippen molar-refractivity contribution in [2.24, 2.45) is 0 Å². The fourth-order valence-electron chi connectivity index (χ4n) is 2.84. The van der Waals surface area contributed by atoms with E-state index in [0.29, 0.717) is 19.6 Å². The first-order valence-electron chi connectivity index (χ1n) is 9.01. The molecule has 1 aromatic carbocycles. The monoisotopic (exact) mass is 344 g/mol. The van der Waals surface area contributed by atoms with Gasteiger partial charge in [-0.1, -0.05) is 20.3 Å². The second-order valence-corrected chi connectivity index (χ2v) is 6.23. The summed E-state index contributed by atoms with van der Waals surface area (Å²) in [6.07, 6.45) is 4.15. The summed E-state index contributed by atoms with van der Waals surface area (Å²) in [5.41, 5.74) is 0.630. The SMILES string of the molecule is CCCO[C@](C)(CCC)C(=O)Nc1ccc(OCC)c2ncccc12. The van der Waals surface area contributed by atoms with E-state index in [1.165, 1.54) is 0 Å². The Hall–Kier alpha value is -2.14. The van der Waals surface area contributed by atoms with Gasteiger partial charge < -0.3 is 14.8 Å². The zero-order chi connectivity index (χ0) is 18.3. The predicted molar refractivity (Wildman–Crippen MR) is 101 cm³/mol. The van der Waals surface area contributed by atoms with Gasteiger partial charge in [0.1, 0.15) is 16.9 Å². The predicted octanol–water partition coefficient (Wildman–Crippen LogP) is 4.56. The van der Waals surface area contributed by atoms with Crippen LogP contribution in [0.1, 0.15) is 47.0 Å². The van der Waals surface area contributed by atoms with Crippen molar-refractivity contribution in [1.29, 1.82) is 0 Å². The van der Waals surface area contributed by atoms with Crippen LogP contribution >= 0.6 is 0 Å². The van der Waals surface area contributed by atoms with E-state index in [-0.39, 0.29) is 5.91 Å². The first-order valence-corrected chi connectivity index (χ1v) is 9.01. The van der Waals surface area contributed by atoms with E-state index in [1.54, 1.807) is 6.20 Å². The van der Waals surface area contributed by atoms with Crippen LogP contribution in [0, 0.1) is 0 Å². The fraction of sp³-hybridized carbons (Fsp3) is 0.500. The number of aromatic nitrogens is 1. The molecule has 136 valence electrons. The third-order valence-corrected chi connectivity index (χ3v) is 4.11. The Morgan fingerprint density at radius 1 is 1.20 bits per heavy atom. The quantitative estimate of drug-likeness (QED) is 0.724. The molecule has 0 spiro atoms. The Bertz CT molecular complexity index is 717. The molecule has 0 bridgehead atoms. The van der Waals surface area contributed by atoms with E-state index in [4.69, 9.17) is 9.47 Å². The van der Waals surface area contributed by atoms with Crippen molar-refractivity contribution < 1.29 is 14.3 Å². The molecule has 0 saturated heterocycles. The largest absolute Gasteiger partial charge is 0.492 e. The molecule has 1 atom stereocenters. The number of carbonyl (C=O) groups is 1. The van der Waals surface area contributed by atoms with Crippen molar-refractivity contribution in [2.45, 2.75) is 52.6 Å². The molecule has 0 aliphatic carbocycles. The van der Waals surface area contributed by atoms with E-state index in [0.717, 1.165) is 35.2 Å². The van der Waals surface area contributed by atoms with Crippen LogP contribution in [0.15, 0.2) is 30.5 Å². The Balaban J connectivity index is 2.32. The highest BCUT2D eigenvalue weighted by atomic mass is 16.5. The van der Waals surface area contributed by atoms with Gasteiger partial charge >= 0.3 is 0 Å². The van der Waals surface area contributed by atoms with Crippen molar-refractivity contribution in [3.63, 3.8) is 0 Å². The van der Waals surface area contributed by atoms with Gasteiger partial charge in [0.25, 0.3) is 5.91 Å². The maximum atomic E-state index is 12.9. The smallest absolute Gasteiger partial charge is 0.256 e. The lowest BCUT2D eigenvalue weighted by atomic mass is 9.98. The number of hydrogen-bond donors (Lipinski definition) is 1. The first kappa shape index (κ1) is 19.2. The van der Waals surface area contributed by atoms with Gasteiger partial charge in [-0.05, 0) is 51.0 Å². The lowest BCUT2D eigenvalue weighted by Gasteiger charge is -2.28. The molecule has 0 aliphatic rings. The number of amides is 1. The number of nitrogens with zero attached hydrogens (tertiary/aromatic N) is 1. The summed E-state index contributed by atoms with van der Waals surface area (Å²) in [5.74, 6) is 0.590. The van der Waals surface area contributed by atoms with E-state index >= 15 is 0 Å². The molecular weight excluding hydrogens is 316 g/mol. The molecule has 1 amide bonds. The number of anilines is 1. The van der Waals surface area contributed by atoms with Gasteiger partial charge in [-0.2, -0.15) is 0 Å². The van der Waals surface area contributed by atoms with Crippen molar-refractivity contribution in [2.75, 3.05) is 18.5 Å². The minimum absolute atomic E-state index is 0.128. The van der Waals surface area contributed by atoms with Crippen LogP contribution in [-0.4, -0.2) is 29.7 Å². The van der Waals surface area contributed by atoms with Gasteiger partial charge in [0.15, 0.2) is 0 Å². The van der Waals surface area contributed by atoms with E-state index in [9.17, 15) is 4.79 Å². The normalized spacial score (nSPS) is 13.4. The van der Waals surface area contributed by atoms with Crippen molar-refractivity contribution >= 4 is 22.5 Å². The topological polar surface area (TPSA) is 60.5 Å². The molecule has 2 rings (SSSR count). The number of carbonyl (C=O) groups excluding carboxylic acids is 1. The van der Waals surface area contributed by atoms with Gasteiger partial charge in [0, 0.05) is 18.2 Å². The standard InChI is InChI=1S/C20H28N2O3/c1-5-12-20(4,25-14-6-2)19(23)22-16-10-11-17(24-7-3)18-15(16)9-8-13-21-18/h8-11,13H,5-7,12,14H2,1-4H3,(H,22,23)/t20-/m1/s1. The lowest BCUT2D eigenvalue weighted by Crippen LogP contribution is -2.43. The Morgan fingerprint density at radius 2 is 2.00 bits per heavy atom. The molecule has 0 saturated carbocycles. The zero-order valence-electron chi connectivity index (χ0n) is 15.6. The Kier molecular flexibility index (Phi) is 6.76. The summed E-state index contributed by atoms with van der Waals surface area (Å²) < 4.78 is 11.5.